The van der Waals surface area contributed by atoms with Gasteiger partial charge in [0, 0.05) is 24.2 Å². The van der Waals surface area contributed by atoms with Crippen LogP contribution in [-0.2, 0) is 10.0 Å². The number of hydrogen-bond donors (Lipinski definition) is 1. The molecule has 1 aliphatic rings. The van der Waals surface area contributed by atoms with Crippen molar-refractivity contribution in [3.63, 3.8) is 0 Å². The van der Waals surface area contributed by atoms with Crippen LogP contribution >= 0.6 is 11.8 Å². The minimum absolute atomic E-state index is 0.211. The summed E-state index contributed by atoms with van der Waals surface area (Å²) < 4.78 is 25.7. The van der Waals surface area contributed by atoms with Crippen LogP contribution in [0.25, 0.3) is 0 Å². The molecule has 0 saturated heterocycles. The molecule has 0 aliphatic heterocycles. The van der Waals surface area contributed by atoms with Gasteiger partial charge in [0.05, 0.1) is 5.69 Å². The molecule has 1 saturated carbocycles. The van der Waals surface area contributed by atoms with Crippen molar-refractivity contribution in [3.8, 4) is 0 Å². The van der Waals surface area contributed by atoms with Gasteiger partial charge in [0.25, 0.3) is 0 Å². The normalized spacial score (nSPS) is 17.6. The Labute approximate surface area is 125 Å². The maximum absolute atomic E-state index is 12.2. The molecule has 2 N–H and O–H groups in total. The van der Waals surface area contributed by atoms with Gasteiger partial charge in [0.1, 0.15) is 4.90 Å². The Hall–Kier alpha value is -0.720. The van der Waals surface area contributed by atoms with Gasteiger partial charge in [-0.3, -0.25) is 0 Å². The number of thioether (sulfide) groups is 1. The van der Waals surface area contributed by atoms with Crippen molar-refractivity contribution in [1.29, 1.82) is 0 Å². The van der Waals surface area contributed by atoms with Gasteiger partial charge in [-0.15, -0.1) is 11.8 Å². The van der Waals surface area contributed by atoms with Crippen molar-refractivity contribution in [2.45, 2.75) is 47.1 Å². The SMILES string of the molecule is CN(C)S(=O)(=O)c1cccc(SC2CCCCC2)c1N. The fourth-order valence-corrected chi connectivity index (χ4v) is 4.83. The standard InChI is InChI=1S/C14H22N2O2S2/c1-16(2)20(17,18)13-10-6-9-12(14(13)15)19-11-7-4-3-5-8-11/h6,9-11H,3-5,7-8,15H2,1-2H3. The quantitative estimate of drug-likeness (QED) is 0.868. The van der Waals surface area contributed by atoms with Crippen LogP contribution in [0.2, 0.25) is 0 Å². The molecule has 112 valence electrons. The van der Waals surface area contributed by atoms with Crippen LogP contribution in [0.5, 0.6) is 0 Å². The van der Waals surface area contributed by atoms with Crippen molar-refractivity contribution >= 4 is 27.5 Å². The van der Waals surface area contributed by atoms with Crippen LogP contribution < -0.4 is 5.73 Å². The molecule has 6 heteroatoms. The number of nitrogen functional groups attached to an aromatic ring is 1. The highest BCUT2D eigenvalue weighted by molar-refractivity contribution is 8.00. The average Bonchev–Trinajstić information content (AvgIpc) is 2.42. The zero-order valence-electron chi connectivity index (χ0n) is 12.0. The van der Waals surface area contributed by atoms with Gasteiger partial charge in [0.2, 0.25) is 10.0 Å². The molecule has 20 heavy (non-hydrogen) atoms. The van der Waals surface area contributed by atoms with Crippen molar-refractivity contribution in [3.05, 3.63) is 18.2 Å². The molecule has 2 rings (SSSR count). The van der Waals surface area contributed by atoms with Gasteiger partial charge in [-0.25, -0.2) is 12.7 Å². The van der Waals surface area contributed by atoms with Crippen molar-refractivity contribution in [1.82, 2.24) is 4.31 Å². The summed E-state index contributed by atoms with van der Waals surface area (Å²) in [6.45, 7) is 0. The molecular weight excluding hydrogens is 292 g/mol. The lowest BCUT2D eigenvalue weighted by Crippen LogP contribution is -2.23. The number of para-hydroxylation sites is 1. The Morgan fingerprint density at radius 3 is 2.45 bits per heavy atom. The highest BCUT2D eigenvalue weighted by Crippen LogP contribution is 2.38. The van der Waals surface area contributed by atoms with Crippen molar-refractivity contribution in [2.24, 2.45) is 0 Å². The van der Waals surface area contributed by atoms with Crippen LogP contribution in [0.15, 0.2) is 28.0 Å². The first-order chi connectivity index (χ1) is 9.43. The number of rotatable bonds is 4. The Balaban J connectivity index is 2.27. The summed E-state index contributed by atoms with van der Waals surface area (Å²) in [5.74, 6) is 0. The number of sulfonamides is 1. The smallest absolute Gasteiger partial charge is 0.244 e. The molecule has 0 amide bonds. The zero-order valence-corrected chi connectivity index (χ0v) is 13.6. The van der Waals surface area contributed by atoms with Gasteiger partial charge in [-0.1, -0.05) is 25.3 Å². The van der Waals surface area contributed by atoms with Crippen LogP contribution in [0.4, 0.5) is 5.69 Å². The lowest BCUT2D eigenvalue weighted by Gasteiger charge is -2.22. The third-order valence-electron chi connectivity index (χ3n) is 3.63. The van der Waals surface area contributed by atoms with E-state index in [0.29, 0.717) is 10.9 Å². The Morgan fingerprint density at radius 2 is 1.85 bits per heavy atom. The predicted molar refractivity (Wildman–Crippen MR) is 84.5 cm³/mol. The lowest BCUT2D eigenvalue weighted by molar-refractivity contribution is 0.516. The van der Waals surface area contributed by atoms with Crippen LogP contribution in [0.1, 0.15) is 32.1 Å². The van der Waals surface area contributed by atoms with E-state index in [1.54, 1.807) is 23.9 Å². The molecule has 4 nitrogen and oxygen atoms in total. The van der Waals surface area contributed by atoms with E-state index in [1.807, 2.05) is 6.07 Å². The van der Waals surface area contributed by atoms with Crippen molar-refractivity contribution < 1.29 is 8.42 Å². The first-order valence-corrected chi connectivity index (χ1v) is 9.22. The van der Waals surface area contributed by atoms with Crippen LogP contribution in [0, 0.1) is 0 Å². The summed E-state index contributed by atoms with van der Waals surface area (Å²) in [4.78, 5) is 1.10. The molecular formula is C14H22N2O2S2. The largest absolute Gasteiger partial charge is 0.397 e. The number of anilines is 1. The summed E-state index contributed by atoms with van der Waals surface area (Å²) in [5, 5.41) is 0.559. The number of benzene rings is 1. The monoisotopic (exact) mass is 314 g/mol. The summed E-state index contributed by atoms with van der Waals surface area (Å²) in [7, 11) is -0.429. The molecule has 1 aromatic carbocycles. The topological polar surface area (TPSA) is 63.4 Å². The number of nitrogens with zero attached hydrogens (tertiary/aromatic N) is 1. The molecule has 1 aromatic rings. The summed E-state index contributed by atoms with van der Waals surface area (Å²) in [6.07, 6.45) is 6.20. The first-order valence-electron chi connectivity index (χ1n) is 6.90. The lowest BCUT2D eigenvalue weighted by atomic mass is 10.0. The van der Waals surface area contributed by atoms with Gasteiger partial charge in [0.15, 0.2) is 0 Å². The second-order valence-corrected chi connectivity index (χ2v) is 8.80. The van der Waals surface area contributed by atoms with E-state index >= 15 is 0 Å². The molecule has 0 bridgehead atoms. The summed E-state index contributed by atoms with van der Waals surface area (Å²) >= 11 is 1.73. The van der Waals surface area contributed by atoms with Crippen molar-refractivity contribution in [2.75, 3.05) is 19.8 Å². The highest BCUT2D eigenvalue weighted by Gasteiger charge is 2.23. The molecule has 0 aromatic heterocycles. The highest BCUT2D eigenvalue weighted by atomic mass is 32.2. The molecule has 0 heterocycles. The van der Waals surface area contributed by atoms with Gasteiger partial charge in [-0.05, 0) is 25.0 Å². The maximum atomic E-state index is 12.2. The Morgan fingerprint density at radius 1 is 1.20 bits per heavy atom. The van der Waals surface area contributed by atoms with Gasteiger partial charge in [-0.2, -0.15) is 0 Å². The average molecular weight is 314 g/mol. The van der Waals surface area contributed by atoms with E-state index < -0.39 is 10.0 Å². The minimum Gasteiger partial charge on any atom is -0.397 e. The van der Waals surface area contributed by atoms with E-state index in [9.17, 15) is 8.42 Å². The third kappa shape index (κ3) is 3.30. The molecule has 0 unspecified atom stereocenters. The van der Waals surface area contributed by atoms with E-state index in [1.165, 1.54) is 50.5 Å². The van der Waals surface area contributed by atoms with Gasteiger partial charge >= 0.3 is 0 Å². The summed E-state index contributed by atoms with van der Waals surface area (Å²) in [6, 6.07) is 5.27. The first kappa shape index (κ1) is 15.7. The van der Waals surface area contributed by atoms with E-state index in [-0.39, 0.29) is 4.90 Å². The van der Waals surface area contributed by atoms with Crippen LogP contribution in [0.3, 0.4) is 0 Å². The fourth-order valence-electron chi connectivity index (χ4n) is 2.41. The van der Waals surface area contributed by atoms with E-state index in [4.69, 9.17) is 5.73 Å². The molecule has 0 atom stereocenters. The minimum atomic E-state index is -3.48. The molecule has 0 radical (unpaired) electrons. The van der Waals surface area contributed by atoms with E-state index in [0.717, 1.165) is 4.90 Å². The zero-order chi connectivity index (χ0) is 14.8. The fraction of sp³-hybridized carbons (Fsp3) is 0.571. The molecule has 0 spiro atoms. The summed E-state index contributed by atoms with van der Waals surface area (Å²) in [5.41, 5.74) is 6.48. The third-order valence-corrected chi connectivity index (χ3v) is 6.92. The Bertz CT molecular complexity index is 565. The molecule has 1 aliphatic carbocycles. The van der Waals surface area contributed by atoms with Gasteiger partial charge < -0.3 is 5.73 Å². The number of nitrogens with two attached hydrogens (primary N) is 1. The second kappa shape index (κ2) is 6.37. The molecule has 1 fully saturated rings. The number of hydrogen-bond acceptors (Lipinski definition) is 4. The maximum Gasteiger partial charge on any atom is 0.244 e. The second-order valence-electron chi connectivity index (χ2n) is 5.33. The van der Waals surface area contributed by atoms with E-state index in [2.05, 4.69) is 0 Å². The predicted octanol–water partition coefficient (Wildman–Crippen LogP) is 2.94. The van der Waals surface area contributed by atoms with Crippen LogP contribution in [-0.4, -0.2) is 32.1 Å². The Kier molecular flexibility index (Phi) is 4.99.